The zero-order chi connectivity index (χ0) is 9.54. The highest BCUT2D eigenvalue weighted by Crippen LogP contribution is 2.33. The zero-order valence-electron chi connectivity index (χ0n) is 7.79. The van der Waals surface area contributed by atoms with Crippen molar-refractivity contribution in [3.05, 3.63) is 11.3 Å². The topological polar surface area (TPSA) is 53.8 Å². The molecule has 0 bridgehead atoms. The van der Waals surface area contributed by atoms with Gasteiger partial charge in [-0.3, -0.25) is 4.79 Å². The molecule has 1 saturated heterocycles. The predicted octanol–water partition coefficient (Wildman–Crippen LogP) is 1.00. The zero-order valence-corrected chi connectivity index (χ0v) is 7.79. The van der Waals surface area contributed by atoms with Gasteiger partial charge < -0.3 is 5.32 Å². The highest BCUT2D eigenvalue weighted by atomic mass is 16.1. The van der Waals surface area contributed by atoms with Crippen LogP contribution in [0, 0.1) is 5.92 Å². The molecule has 3 rings (SSSR count). The summed E-state index contributed by atoms with van der Waals surface area (Å²) in [5, 5.41) is 10.9. The Morgan fingerprint density at radius 1 is 1.36 bits per heavy atom. The van der Waals surface area contributed by atoms with Crippen LogP contribution in [0.3, 0.4) is 0 Å². The first-order valence-electron chi connectivity index (χ1n) is 4.99. The maximum Gasteiger partial charge on any atom is 0.224 e. The monoisotopic (exact) mass is 189 g/mol. The Labute approximate surface area is 81.8 Å². The van der Waals surface area contributed by atoms with Crippen LogP contribution in [0.15, 0.2) is 21.5 Å². The van der Waals surface area contributed by atoms with Gasteiger partial charge in [0.2, 0.25) is 5.91 Å². The normalized spacial score (nSPS) is 29.6. The average molecular weight is 189 g/mol. The minimum absolute atomic E-state index is 0.130. The third-order valence-corrected chi connectivity index (χ3v) is 3.10. The van der Waals surface area contributed by atoms with Crippen molar-refractivity contribution in [3.63, 3.8) is 0 Å². The SMILES string of the molecule is O=C1CCC2CCC3=NN=CC3=C2N1. The summed E-state index contributed by atoms with van der Waals surface area (Å²) in [6.45, 7) is 0. The van der Waals surface area contributed by atoms with Gasteiger partial charge in [0, 0.05) is 23.6 Å². The van der Waals surface area contributed by atoms with Crippen molar-refractivity contribution in [2.75, 3.05) is 0 Å². The van der Waals surface area contributed by atoms with E-state index in [1.807, 2.05) is 0 Å². The highest BCUT2D eigenvalue weighted by molar-refractivity contribution is 6.20. The highest BCUT2D eigenvalue weighted by Gasteiger charge is 2.32. The first kappa shape index (κ1) is 7.91. The Kier molecular flexibility index (Phi) is 1.56. The average Bonchev–Trinajstić information content (AvgIpc) is 2.65. The fraction of sp³-hybridized carbons (Fsp3) is 0.500. The van der Waals surface area contributed by atoms with E-state index in [-0.39, 0.29) is 5.91 Å². The van der Waals surface area contributed by atoms with E-state index in [1.54, 1.807) is 6.21 Å². The molecule has 1 N–H and O–H groups in total. The molecule has 0 spiro atoms. The number of carbonyl (C=O) groups is 1. The minimum atomic E-state index is 0.130. The lowest BCUT2D eigenvalue weighted by Gasteiger charge is -2.30. The van der Waals surface area contributed by atoms with Gasteiger partial charge in [0.05, 0.1) is 11.9 Å². The van der Waals surface area contributed by atoms with E-state index >= 15 is 0 Å². The molecule has 0 aromatic rings. The number of nitrogens with one attached hydrogen (secondary N) is 1. The largest absolute Gasteiger partial charge is 0.329 e. The third-order valence-electron chi connectivity index (χ3n) is 3.10. The summed E-state index contributed by atoms with van der Waals surface area (Å²) in [5.74, 6) is 0.650. The molecule has 0 aromatic carbocycles. The van der Waals surface area contributed by atoms with Gasteiger partial charge in [0.25, 0.3) is 0 Å². The summed E-state index contributed by atoms with van der Waals surface area (Å²) in [7, 11) is 0. The number of amides is 1. The van der Waals surface area contributed by atoms with Crippen molar-refractivity contribution in [3.8, 4) is 0 Å². The second-order valence-electron chi connectivity index (χ2n) is 3.94. The molecule has 1 unspecified atom stereocenters. The van der Waals surface area contributed by atoms with E-state index in [2.05, 4.69) is 15.5 Å². The van der Waals surface area contributed by atoms with Crippen molar-refractivity contribution in [1.29, 1.82) is 0 Å². The second kappa shape index (κ2) is 2.77. The van der Waals surface area contributed by atoms with Gasteiger partial charge in [0.1, 0.15) is 0 Å². The number of hydrogen-bond donors (Lipinski definition) is 1. The van der Waals surface area contributed by atoms with E-state index < -0.39 is 0 Å². The van der Waals surface area contributed by atoms with Crippen LogP contribution in [0.4, 0.5) is 0 Å². The molecule has 0 saturated carbocycles. The van der Waals surface area contributed by atoms with Crippen molar-refractivity contribution in [2.45, 2.75) is 25.7 Å². The summed E-state index contributed by atoms with van der Waals surface area (Å²) >= 11 is 0. The Balaban J connectivity index is 2.05. The van der Waals surface area contributed by atoms with Crippen LogP contribution in [0.25, 0.3) is 0 Å². The lowest BCUT2D eigenvalue weighted by Crippen LogP contribution is -2.37. The van der Waals surface area contributed by atoms with Crippen LogP contribution in [-0.2, 0) is 4.79 Å². The second-order valence-corrected chi connectivity index (χ2v) is 3.94. The number of hydrogen-bond acceptors (Lipinski definition) is 3. The summed E-state index contributed by atoms with van der Waals surface area (Å²) in [6, 6.07) is 0. The maximum atomic E-state index is 11.3. The fourth-order valence-corrected chi connectivity index (χ4v) is 2.35. The number of rotatable bonds is 0. The van der Waals surface area contributed by atoms with Crippen molar-refractivity contribution < 1.29 is 4.79 Å². The molecular formula is C10H11N3O. The summed E-state index contributed by atoms with van der Waals surface area (Å²) in [4.78, 5) is 11.3. The number of piperidine rings is 1. The van der Waals surface area contributed by atoms with Gasteiger partial charge in [-0.2, -0.15) is 10.2 Å². The predicted molar refractivity (Wildman–Crippen MR) is 53.1 cm³/mol. The number of nitrogens with zero attached hydrogens (tertiary/aromatic N) is 2. The quantitative estimate of drug-likeness (QED) is 0.607. The van der Waals surface area contributed by atoms with Gasteiger partial charge in [-0.25, -0.2) is 0 Å². The first-order valence-corrected chi connectivity index (χ1v) is 4.99. The van der Waals surface area contributed by atoms with E-state index in [1.165, 1.54) is 0 Å². The van der Waals surface area contributed by atoms with Gasteiger partial charge in [-0.05, 0) is 19.3 Å². The summed E-state index contributed by atoms with van der Waals surface area (Å²) in [5.41, 5.74) is 3.17. The van der Waals surface area contributed by atoms with Crippen molar-refractivity contribution in [2.24, 2.45) is 16.1 Å². The fourth-order valence-electron chi connectivity index (χ4n) is 2.35. The van der Waals surface area contributed by atoms with Crippen molar-refractivity contribution >= 4 is 17.8 Å². The molecule has 0 radical (unpaired) electrons. The number of fused-ring (bicyclic) bond motifs is 2. The van der Waals surface area contributed by atoms with Crippen molar-refractivity contribution in [1.82, 2.24) is 5.32 Å². The molecule has 0 aromatic heterocycles. The Bertz CT molecular complexity index is 392. The maximum absolute atomic E-state index is 11.3. The first-order chi connectivity index (χ1) is 6.84. The molecule has 1 aliphatic carbocycles. The molecule has 4 heteroatoms. The van der Waals surface area contributed by atoms with E-state index in [0.29, 0.717) is 12.3 Å². The molecule has 1 atom stereocenters. The molecule has 14 heavy (non-hydrogen) atoms. The molecular weight excluding hydrogens is 178 g/mol. The molecule has 2 heterocycles. The Morgan fingerprint density at radius 2 is 2.21 bits per heavy atom. The third kappa shape index (κ3) is 1.03. The molecule has 1 amide bonds. The van der Waals surface area contributed by atoms with E-state index in [0.717, 1.165) is 36.2 Å². The Morgan fingerprint density at radius 3 is 3.14 bits per heavy atom. The van der Waals surface area contributed by atoms with Crippen LogP contribution in [-0.4, -0.2) is 17.8 Å². The van der Waals surface area contributed by atoms with Gasteiger partial charge in [-0.1, -0.05) is 0 Å². The summed E-state index contributed by atoms with van der Waals surface area (Å²) in [6.07, 6.45) is 5.50. The van der Waals surface area contributed by atoms with Crippen LogP contribution < -0.4 is 5.32 Å². The van der Waals surface area contributed by atoms with Crippen LogP contribution >= 0.6 is 0 Å². The van der Waals surface area contributed by atoms with E-state index in [4.69, 9.17) is 0 Å². The smallest absolute Gasteiger partial charge is 0.224 e. The minimum Gasteiger partial charge on any atom is -0.329 e. The molecule has 4 nitrogen and oxygen atoms in total. The number of carbonyl (C=O) groups excluding carboxylic acids is 1. The lowest BCUT2D eigenvalue weighted by atomic mass is 9.81. The summed E-state index contributed by atoms with van der Waals surface area (Å²) < 4.78 is 0. The van der Waals surface area contributed by atoms with Crippen LogP contribution in [0.1, 0.15) is 25.7 Å². The Hall–Kier alpha value is -1.45. The lowest BCUT2D eigenvalue weighted by molar-refractivity contribution is -0.121. The number of allylic oxidation sites excluding steroid dienone is 2. The van der Waals surface area contributed by atoms with Gasteiger partial charge in [-0.15, -0.1) is 0 Å². The molecule has 3 aliphatic rings. The standard InChI is InChI=1S/C10H11N3O/c14-9-4-2-6-1-3-8-7(5-11-13-8)10(6)12-9/h5-6H,1-4H2,(H,12,14). The molecule has 2 aliphatic heterocycles. The molecule has 72 valence electrons. The van der Waals surface area contributed by atoms with Gasteiger partial charge >= 0.3 is 0 Å². The van der Waals surface area contributed by atoms with Gasteiger partial charge in [0.15, 0.2) is 0 Å². The van der Waals surface area contributed by atoms with Crippen LogP contribution in [0.2, 0.25) is 0 Å². The van der Waals surface area contributed by atoms with Crippen LogP contribution in [0.5, 0.6) is 0 Å². The molecule has 1 fully saturated rings. The van der Waals surface area contributed by atoms with E-state index in [9.17, 15) is 4.79 Å².